The van der Waals surface area contributed by atoms with Gasteiger partial charge in [0.25, 0.3) is 5.56 Å². The van der Waals surface area contributed by atoms with E-state index in [0.29, 0.717) is 29.1 Å². The lowest BCUT2D eigenvalue weighted by atomic mass is 10.2. The van der Waals surface area contributed by atoms with Gasteiger partial charge in [0.1, 0.15) is 10.4 Å². The maximum Gasteiger partial charge on any atom is 0.352 e. The summed E-state index contributed by atoms with van der Waals surface area (Å²) in [7, 11) is 1.61. The largest absolute Gasteiger partial charge is 0.497 e. The second kappa shape index (κ2) is 7.82. The first-order chi connectivity index (χ1) is 15.0. The molecule has 0 fully saturated rings. The highest BCUT2D eigenvalue weighted by Gasteiger charge is 2.18. The summed E-state index contributed by atoms with van der Waals surface area (Å²) in [4.78, 5) is 26.5. The summed E-state index contributed by atoms with van der Waals surface area (Å²) in [5.41, 5.74) is 2.01. The first-order valence-corrected chi connectivity index (χ1v) is 11.2. The third kappa shape index (κ3) is 3.49. The molecule has 0 aliphatic heterocycles. The van der Waals surface area contributed by atoms with Crippen LogP contribution in [0.15, 0.2) is 74.0 Å². The Hall–Kier alpha value is -3.17. The Morgan fingerprint density at radius 3 is 2.35 bits per heavy atom. The maximum absolute atomic E-state index is 13.2. The van der Waals surface area contributed by atoms with E-state index in [9.17, 15) is 9.59 Å². The number of methoxy groups -OCH3 is 1. The van der Waals surface area contributed by atoms with Crippen LogP contribution < -0.4 is 16.0 Å². The molecule has 0 amide bonds. The zero-order chi connectivity index (χ0) is 21.5. The first kappa shape index (κ1) is 19.8. The van der Waals surface area contributed by atoms with Gasteiger partial charge in [0.2, 0.25) is 5.78 Å². The van der Waals surface area contributed by atoms with Gasteiger partial charge in [-0.05, 0) is 46.8 Å². The predicted molar refractivity (Wildman–Crippen MR) is 124 cm³/mol. The summed E-state index contributed by atoms with van der Waals surface area (Å²) in [6.45, 7) is 0.616. The molecule has 0 saturated carbocycles. The van der Waals surface area contributed by atoms with Crippen LogP contribution in [0, 0.1) is 0 Å². The zero-order valence-electron chi connectivity index (χ0n) is 16.5. The van der Waals surface area contributed by atoms with E-state index >= 15 is 0 Å². The molecule has 0 atom stereocenters. The number of nitrogens with zero attached hydrogens (tertiary/aromatic N) is 4. The Morgan fingerprint density at radius 1 is 0.968 bits per heavy atom. The van der Waals surface area contributed by atoms with Crippen LogP contribution in [0.4, 0.5) is 0 Å². The lowest BCUT2D eigenvalue weighted by Crippen LogP contribution is -2.26. The Morgan fingerprint density at radius 2 is 1.65 bits per heavy atom. The van der Waals surface area contributed by atoms with E-state index < -0.39 is 0 Å². The number of rotatable bonds is 5. The van der Waals surface area contributed by atoms with Gasteiger partial charge in [0, 0.05) is 4.47 Å². The molecule has 0 aliphatic carbocycles. The monoisotopic (exact) mass is 496 g/mol. The molecule has 5 rings (SSSR count). The van der Waals surface area contributed by atoms with Crippen LogP contribution in [-0.2, 0) is 13.1 Å². The second-order valence-corrected chi connectivity index (χ2v) is 8.91. The molecule has 3 aromatic heterocycles. The third-order valence-electron chi connectivity index (χ3n) is 5.13. The van der Waals surface area contributed by atoms with Crippen molar-refractivity contribution in [1.82, 2.24) is 18.7 Å². The zero-order valence-corrected chi connectivity index (χ0v) is 18.9. The van der Waals surface area contributed by atoms with Gasteiger partial charge in [0.15, 0.2) is 0 Å². The summed E-state index contributed by atoms with van der Waals surface area (Å²) in [5, 5.41) is 6.37. The van der Waals surface area contributed by atoms with Crippen LogP contribution in [0.25, 0.3) is 16.0 Å². The highest BCUT2D eigenvalue weighted by Crippen LogP contribution is 2.19. The van der Waals surface area contributed by atoms with Gasteiger partial charge in [0.05, 0.1) is 25.7 Å². The lowest BCUT2D eigenvalue weighted by Gasteiger charge is -2.08. The summed E-state index contributed by atoms with van der Waals surface area (Å²) >= 11 is 4.75. The number of halogens is 1. The topological polar surface area (TPSA) is 70.5 Å². The summed E-state index contributed by atoms with van der Waals surface area (Å²) in [6, 6.07) is 17.0. The number of aromatic nitrogens is 4. The molecule has 0 aliphatic rings. The van der Waals surface area contributed by atoms with Gasteiger partial charge in [-0.2, -0.15) is 0 Å². The number of thiophene rings is 1. The van der Waals surface area contributed by atoms with Gasteiger partial charge in [-0.15, -0.1) is 16.4 Å². The Kier molecular flexibility index (Phi) is 4.99. The minimum Gasteiger partial charge on any atom is -0.497 e. The molecule has 9 heteroatoms. The first-order valence-electron chi connectivity index (χ1n) is 9.52. The van der Waals surface area contributed by atoms with Gasteiger partial charge < -0.3 is 4.74 Å². The van der Waals surface area contributed by atoms with Crippen molar-refractivity contribution in [3.8, 4) is 5.75 Å². The second-order valence-electron chi connectivity index (χ2n) is 7.08. The number of benzene rings is 2. The van der Waals surface area contributed by atoms with Crippen LogP contribution >= 0.6 is 27.3 Å². The average molecular weight is 497 g/mol. The smallest absolute Gasteiger partial charge is 0.352 e. The highest BCUT2D eigenvalue weighted by molar-refractivity contribution is 9.10. The normalized spacial score (nSPS) is 11.4. The molecule has 7 nitrogen and oxygen atoms in total. The van der Waals surface area contributed by atoms with Crippen molar-refractivity contribution in [2.45, 2.75) is 13.1 Å². The molecule has 0 bridgehead atoms. The molecular weight excluding hydrogens is 480 g/mol. The van der Waals surface area contributed by atoms with Crippen LogP contribution in [-0.4, -0.2) is 25.9 Å². The number of hydrogen-bond acceptors (Lipinski definition) is 5. The highest BCUT2D eigenvalue weighted by atomic mass is 79.9. The van der Waals surface area contributed by atoms with Crippen molar-refractivity contribution in [2.75, 3.05) is 7.11 Å². The Bertz CT molecular complexity index is 1510. The van der Waals surface area contributed by atoms with Crippen molar-refractivity contribution in [3.63, 3.8) is 0 Å². The summed E-state index contributed by atoms with van der Waals surface area (Å²) in [6.07, 6.45) is 0. The minimum atomic E-state index is -0.273. The number of ether oxygens (including phenoxy) is 1. The molecule has 156 valence electrons. The molecule has 31 heavy (non-hydrogen) atoms. The average Bonchev–Trinajstić information content (AvgIpc) is 3.38. The molecule has 3 heterocycles. The van der Waals surface area contributed by atoms with Gasteiger partial charge >= 0.3 is 5.69 Å². The fourth-order valence-corrected chi connectivity index (χ4v) is 4.64. The number of fused-ring (bicyclic) bond motifs is 3. The fourth-order valence-electron chi connectivity index (χ4n) is 3.56. The van der Waals surface area contributed by atoms with E-state index in [-0.39, 0.29) is 11.2 Å². The molecule has 0 saturated heterocycles. The predicted octanol–water partition coefficient (Wildman–Crippen LogP) is 3.74. The van der Waals surface area contributed by atoms with Gasteiger partial charge in [-0.1, -0.05) is 40.2 Å². The van der Waals surface area contributed by atoms with Crippen LogP contribution in [0.1, 0.15) is 11.1 Å². The minimum absolute atomic E-state index is 0.158. The van der Waals surface area contributed by atoms with Crippen molar-refractivity contribution in [1.29, 1.82) is 0 Å². The standard InChI is InChI=1S/C22H17BrN4O3S/c1-30-17-8-4-14(5-9-17)12-25-20(28)19-18(10-11-31-19)27-21(25)24-26(22(27)29)13-15-2-6-16(23)7-3-15/h2-11H,12-13H2,1H3. The van der Waals surface area contributed by atoms with E-state index in [0.717, 1.165) is 21.3 Å². The summed E-state index contributed by atoms with van der Waals surface area (Å²) < 4.78 is 11.2. The van der Waals surface area contributed by atoms with Crippen LogP contribution in [0.2, 0.25) is 0 Å². The lowest BCUT2D eigenvalue weighted by molar-refractivity contribution is 0.414. The van der Waals surface area contributed by atoms with E-state index in [2.05, 4.69) is 21.0 Å². The van der Waals surface area contributed by atoms with Gasteiger partial charge in [-0.25, -0.2) is 13.9 Å². The van der Waals surface area contributed by atoms with E-state index in [4.69, 9.17) is 4.74 Å². The maximum atomic E-state index is 13.2. The van der Waals surface area contributed by atoms with Crippen molar-refractivity contribution < 1.29 is 4.74 Å². The Balaban J connectivity index is 1.68. The summed E-state index contributed by atoms with van der Waals surface area (Å²) in [5.74, 6) is 1.07. The van der Waals surface area contributed by atoms with E-state index in [1.165, 1.54) is 20.4 Å². The van der Waals surface area contributed by atoms with E-state index in [1.54, 1.807) is 17.7 Å². The van der Waals surface area contributed by atoms with Crippen molar-refractivity contribution >= 4 is 43.3 Å². The molecular formula is C22H17BrN4O3S. The fraction of sp³-hybridized carbons (Fsp3) is 0.136. The molecule has 0 N–H and O–H groups in total. The van der Waals surface area contributed by atoms with Crippen molar-refractivity contribution in [2.24, 2.45) is 0 Å². The SMILES string of the molecule is COc1ccc(Cn2c(=O)c3sccc3n3c(=O)n(Cc4ccc(Br)cc4)nc23)cc1. The molecule has 2 aromatic carbocycles. The molecule has 0 unspecified atom stereocenters. The number of hydrogen-bond donors (Lipinski definition) is 0. The quantitative estimate of drug-likeness (QED) is 0.371. The molecule has 5 aromatic rings. The Labute approximate surface area is 188 Å². The molecule has 0 radical (unpaired) electrons. The van der Waals surface area contributed by atoms with Crippen molar-refractivity contribution in [3.05, 3.63) is 96.4 Å². The van der Waals surface area contributed by atoms with Crippen LogP contribution in [0.5, 0.6) is 5.75 Å². The third-order valence-corrected chi connectivity index (χ3v) is 6.55. The van der Waals surface area contributed by atoms with E-state index in [1.807, 2.05) is 53.9 Å². The van der Waals surface area contributed by atoms with Gasteiger partial charge in [-0.3, -0.25) is 9.36 Å². The molecule has 0 spiro atoms. The van der Waals surface area contributed by atoms with Crippen LogP contribution in [0.3, 0.4) is 0 Å².